The Morgan fingerprint density at radius 2 is 1.85 bits per heavy atom. The van der Waals surface area contributed by atoms with Gasteiger partial charge in [0.1, 0.15) is 11.6 Å². The number of carbonyl (C=O) groups is 1. The van der Waals surface area contributed by atoms with E-state index in [9.17, 15) is 4.79 Å². The number of para-hydroxylation sites is 3. The van der Waals surface area contributed by atoms with Crippen LogP contribution in [0.5, 0.6) is 5.75 Å². The van der Waals surface area contributed by atoms with Crippen molar-refractivity contribution in [3.8, 4) is 5.75 Å². The van der Waals surface area contributed by atoms with Gasteiger partial charge < -0.3 is 14.6 Å². The molecular weight excluding hydrogens is 490 g/mol. The number of nitrogens with zero attached hydrogens (tertiary/aromatic N) is 2. The number of ether oxygens (including phenoxy) is 1. The summed E-state index contributed by atoms with van der Waals surface area (Å²) in [6, 6.07) is 23.2. The van der Waals surface area contributed by atoms with E-state index in [1.165, 1.54) is 0 Å². The largest absolute Gasteiger partial charge is 0.493 e. The Morgan fingerprint density at radius 3 is 2.65 bits per heavy atom. The van der Waals surface area contributed by atoms with Gasteiger partial charge in [0.15, 0.2) is 0 Å². The van der Waals surface area contributed by atoms with Crippen LogP contribution in [0.2, 0.25) is 0 Å². The average Bonchev–Trinajstić information content (AvgIpc) is 3.22. The Bertz CT molecular complexity index is 1280. The first-order valence-corrected chi connectivity index (χ1v) is 12.2. The first-order valence-electron chi connectivity index (χ1n) is 11.4. The molecule has 4 rings (SSSR count). The van der Waals surface area contributed by atoms with Crippen LogP contribution in [0, 0.1) is 0 Å². The zero-order chi connectivity index (χ0) is 23.9. The normalized spacial score (nSPS) is 11.8. The number of nitrogens with one attached hydrogen (secondary N) is 1. The molecule has 5 nitrogen and oxygen atoms in total. The van der Waals surface area contributed by atoms with Gasteiger partial charge in [-0.2, -0.15) is 0 Å². The number of imidazole rings is 1. The summed E-state index contributed by atoms with van der Waals surface area (Å²) in [6.07, 6.45) is 3.47. The van der Waals surface area contributed by atoms with E-state index in [2.05, 4.69) is 44.5 Å². The van der Waals surface area contributed by atoms with Crippen molar-refractivity contribution in [2.24, 2.45) is 0 Å². The van der Waals surface area contributed by atoms with Crippen LogP contribution in [0.3, 0.4) is 0 Å². The Labute approximate surface area is 208 Å². The zero-order valence-corrected chi connectivity index (χ0v) is 20.8. The second-order valence-electron chi connectivity index (χ2n) is 8.11. The monoisotopic (exact) mass is 517 g/mol. The molecule has 1 N–H and O–H groups in total. The van der Waals surface area contributed by atoms with Gasteiger partial charge in [0.05, 0.1) is 23.7 Å². The number of hydrogen-bond acceptors (Lipinski definition) is 3. The fourth-order valence-electron chi connectivity index (χ4n) is 3.98. The highest BCUT2D eigenvalue weighted by atomic mass is 79.9. The summed E-state index contributed by atoms with van der Waals surface area (Å²) in [7, 11) is 0. The Morgan fingerprint density at radius 1 is 1.12 bits per heavy atom. The molecule has 6 heteroatoms. The van der Waals surface area contributed by atoms with E-state index >= 15 is 0 Å². The van der Waals surface area contributed by atoms with E-state index in [0.29, 0.717) is 12.2 Å². The van der Waals surface area contributed by atoms with Crippen molar-refractivity contribution in [1.82, 2.24) is 14.9 Å². The third-order valence-electron chi connectivity index (χ3n) is 5.65. The van der Waals surface area contributed by atoms with Gasteiger partial charge in [-0.25, -0.2) is 4.98 Å². The molecule has 0 aliphatic heterocycles. The smallest absolute Gasteiger partial charge is 0.251 e. The van der Waals surface area contributed by atoms with Crippen LogP contribution < -0.4 is 10.1 Å². The lowest BCUT2D eigenvalue weighted by Crippen LogP contribution is -2.28. The van der Waals surface area contributed by atoms with Crippen LogP contribution >= 0.6 is 15.9 Å². The molecule has 0 saturated carbocycles. The second-order valence-corrected chi connectivity index (χ2v) is 9.03. The van der Waals surface area contributed by atoms with Gasteiger partial charge >= 0.3 is 0 Å². The number of allylic oxidation sites excluding steroid dienone is 1. The Hall–Kier alpha value is -3.38. The number of halogens is 1. The fraction of sp³-hybridized carbons (Fsp3) is 0.214. The standard InChI is InChI=1S/C28H28BrN3O2/c1-3-9-21-10-4-7-13-26(21)34-19-8-18-32-25-12-6-5-11-24(25)31-27(32)20(2)30-28(33)22-14-16-23(29)17-15-22/h3-7,10-17,20H,1,8-9,18-19H2,2H3,(H,30,33). The average molecular weight is 518 g/mol. The molecule has 0 radical (unpaired) electrons. The van der Waals surface area contributed by atoms with Gasteiger partial charge in [0, 0.05) is 16.6 Å². The summed E-state index contributed by atoms with van der Waals surface area (Å²) in [6.45, 7) is 7.11. The quantitative estimate of drug-likeness (QED) is 0.193. The maximum Gasteiger partial charge on any atom is 0.251 e. The molecule has 0 saturated heterocycles. The number of aromatic nitrogens is 2. The van der Waals surface area contributed by atoms with Crippen LogP contribution in [0.1, 0.15) is 41.1 Å². The number of fused-ring (bicyclic) bond motifs is 1. The van der Waals surface area contributed by atoms with Crippen LogP contribution in [0.25, 0.3) is 11.0 Å². The molecule has 0 aliphatic rings. The lowest BCUT2D eigenvalue weighted by atomic mass is 10.1. The number of aryl methyl sites for hydroxylation is 1. The first-order chi connectivity index (χ1) is 16.6. The predicted molar refractivity (Wildman–Crippen MR) is 140 cm³/mol. The summed E-state index contributed by atoms with van der Waals surface area (Å²) in [5, 5.41) is 3.09. The highest BCUT2D eigenvalue weighted by molar-refractivity contribution is 9.10. The number of rotatable bonds is 10. The summed E-state index contributed by atoms with van der Waals surface area (Å²) < 4.78 is 9.20. The third kappa shape index (κ3) is 5.57. The number of benzene rings is 3. The Balaban J connectivity index is 1.47. The predicted octanol–water partition coefficient (Wildman–Crippen LogP) is 6.49. The minimum atomic E-state index is -0.252. The lowest BCUT2D eigenvalue weighted by molar-refractivity contribution is 0.0937. The van der Waals surface area contributed by atoms with Crippen LogP contribution in [-0.2, 0) is 13.0 Å². The van der Waals surface area contributed by atoms with Crippen molar-refractivity contribution < 1.29 is 9.53 Å². The fourth-order valence-corrected chi connectivity index (χ4v) is 4.24. The zero-order valence-electron chi connectivity index (χ0n) is 19.2. The van der Waals surface area contributed by atoms with Crippen molar-refractivity contribution >= 4 is 32.9 Å². The number of carbonyl (C=O) groups excluding carboxylic acids is 1. The van der Waals surface area contributed by atoms with Crippen LogP contribution in [-0.4, -0.2) is 22.1 Å². The number of amides is 1. The molecule has 0 bridgehead atoms. The van der Waals surface area contributed by atoms with Crippen LogP contribution in [0.4, 0.5) is 0 Å². The van der Waals surface area contributed by atoms with Crippen molar-refractivity contribution in [3.63, 3.8) is 0 Å². The summed E-state index contributed by atoms with van der Waals surface area (Å²) >= 11 is 3.41. The summed E-state index contributed by atoms with van der Waals surface area (Å²) in [4.78, 5) is 17.6. The lowest BCUT2D eigenvalue weighted by Gasteiger charge is -2.17. The van der Waals surface area contributed by atoms with Crippen molar-refractivity contribution in [2.45, 2.75) is 32.4 Å². The topological polar surface area (TPSA) is 56.1 Å². The van der Waals surface area contributed by atoms with E-state index in [1.54, 1.807) is 12.1 Å². The molecule has 1 aromatic heterocycles. The molecule has 4 aromatic rings. The van der Waals surface area contributed by atoms with E-state index in [-0.39, 0.29) is 11.9 Å². The molecule has 174 valence electrons. The van der Waals surface area contributed by atoms with Gasteiger partial charge in [-0.1, -0.05) is 52.3 Å². The minimum absolute atomic E-state index is 0.124. The van der Waals surface area contributed by atoms with E-state index in [1.807, 2.05) is 61.5 Å². The second kappa shape index (κ2) is 11.2. The van der Waals surface area contributed by atoms with Gasteiger partial charge in [0.25, 0.3) is 5.91 Å². The van der Waals surface area contributed by atoms with E-state index in [4.69, 9.17) is 9.72 Å². The molecule has 0 spiro atoms. The van der Waals surface area contributed by atoms with E-state index in [0.717, 1.165) is 52.0 Å². The molecule has 0 aliphatic carbocycles. The Kier molecular flexibility index (Phi) is 7.80. The highest BCUT2D eigenvalue weighted by Crippen LogP contribution is 2.23. The third-order valence-corrected chi connectivity index (χ3v) is 6.17. The summed E-state index contributed by atoms with van der Waals surface area (Å²) in [5.41, 5.74) is 3.72. The number of hydrogen-bond donors (Lipinski definition) is 1. The van der Waals surface area contributed by atoms with Gasteiger partial charge in [-0.3, -0.25) is 4.79 Å². The molecule has 0 fully saturated rings. The molecule has 1 atom stereocenters. The maximum absolute atomic E-state index is 12.8. The molecule has 1 amide bonds. The van der Waals surface area contributed by atoms with Crippen molar-refractivity contribution in [3.05, 3.63) is 107 Å². The van der Waals surface area contributed by atoms with Gasteiger partial charge in [-0.15, -0.1) is 6.58 Å². The summed E-state index contributed by atoms with van der Waals surface area (Å²) in [5.74, 6) is 1.60. The van der Waals surface area contributed by atoms with Crippen LogP contribution in [0.15, 0.2) is 89.9 Å². The van der Waals surface area contributed by atoms with Crippen molar-refractivity contribution in [1.29, 1.82) is 0 Å². The van der Waals surface area contributed by atoms with Gasteiger partial charge in [0.2, 0.25) is 0 Å². The van der Waals surface area contributed by atoms with Gasteiger partial charge in [-0.05, 0) is 67.8 Å². The molecular formula is C28H28BrN3O2. The molecule has 1 unspecified atom stereocenters. The molecule has 1 heterocycles. The SMILES string of the molecule is C=CCc1ccccc1OCCCn1c(C(C)NC(=O)c2ccc(Br)cc2)nc2ccccc21. The maximum atomic E-state index is 12.8. The molecule has 3 aromatic carbocycles. The molecule has 34 heavy (non-hydrogen) atoms. The first kappa shape index (κ1) is 23.8. The highest BCUT2D eigenvalue weighted by Gasteiger charge is 2.19. The minimum Gasteiger partial charge on any atom is -0.493 e. The van der Waals surface area contributed by atoms with Crippen molar-refractivity contribution in [2.75, 3.05) is 6.61 Å². The van der Waals surface area contributed by atoms with E-state index < -0.39 is 0 Å².